The zero-order chi connectivity index (χ0) is 16.3. The Hall–Kier alpha value is -0.610. The molecule has 3 aliphatic rings. The quantitative estimate of drug-likeness (QED) is 0.796. The lowest BCUT2D eigenvalue weighted by atomic mass is 9.84. The van der Waals surface area contributed by atoms with Gasteiger partial charge in [-0.1, -0.05) is 19.8 Å². The number of hydrogen-bond donors (Lipinski definition) is 0. The number of nitrogens with zero attached hydrogens (tertiary/aromatic N) is 3. The molecule has 4 heteroatoms. The first-order chi connectivity index (χ1) is 11.0. The standard InChI is InChI=1S/C19H35N3O/c1-19(7-3-4-8-19)15-18(23)22-9-5-17(6-10-22)16-21-13-11-20(2)12-14-21/h17H,3-16H2,1-2H3. The van der Waals surface area contributed by atoms with Gasteiger partial charge in [0.1, 0.15) is 0 Å². The first-order valence-electron chi connectivity index (χ1n) is 9.73. The number of rotatable bonds is 4. The van der Waals surface area contributed by atoms with Crippen LogP contribution in [0.5, 0.6) is 0 Å². The fourth-order valence-corrected chi connectivity index (χ4v) is 4.64. The van der Waals surface area contributed by atoms with E-state index in [0.717, 1.165) is 25.4 Å². The van der Waals surface area contributed by atoms with Gasteiger partial charge in [0, 0.05) is 52.2 Å². The molecular weight excluding hydrogens is 286 g/mol. The summed E-state index contributed by atoms with van der Waals surface area (Å²) in [5, 5.41) is 0. The van der Waals surface area contributed by atoms with Crippen molar-refractivity contribution in [2.24, 2.45) is 11.3 Å². The van der Waals surface area contributed by atoms with Crippen molar-refractivity contribution in [3.05, 3.63) is 0 Å². The number of likely N-dealkylation sites (N-methyl/N-ethyl adjacent to an activating group) is 1. The molecule has 0 aromatic heterocycles. The van der Waals surface area contributed by atoms with Crippen molar-refractivity contribution in [1.82, 2.24) is 14.7 Å². The monoisotopic (exact) mass is 321 g/mol. The van der Waals surface area contributed by atoms with Crippen LogP contribution in [-0.4, -0.2) is 73.5 Å². The van der Waals surface area contributed by atoms with Gasteiger partial charge in [0.2, 0.25) is 5.91 Å². The van der Waals surface area contributed by atoms with E-state index >= 15 is 0 Å². The second-order valence-electron chi connectivity index (χ2n) is 8.62. The topological polar surface area (TPSA) is 26.8 Å². The van der Waals surface area contributed by atoms with Crippen molar-refractivity contribution in [2.45, 2.75) is 51.9 Å². The van der Waals surface area contributed by atoms with Crippen LogP contribution < -0.4 is 0 Å². The van der Waals surface area contributed by atoms with Gasteiger partial charge in [-0.2, -0.15) is 0 Å². The highest BCUT2D eigenvalue weighted by atomic mass is 16.2. The van der Waals surface area contributed by atoms with Crippen LogP contribution in [0.4, 0.5) is 0 Å². The minimum atomic E-state index is 0.299. The van der Waals surface area contributed by atoms with Crippen LogP contribution in [0, 0.1) is 11.3 Å². The molecule has 132 valence electrons. The maximum absolute atomic E-state index is 12.6. The van der Waals surface area contributed by atoms with E-state index in [0.29, 0.717) is 11.3 Å². The molecule has 0 aromatic rings. The lowest BCUT2D eigenvalue weighted by Crippen LogP contribution is -2.48. The fourth-order valence-electron chi connectivity index (χ4n) is 4.64. The summed E-state index contributed by atoms with van der Waals surface area (Å²) in [5.74, 6) is 1.22. The van der Waals surface area contributed by atoms with E-state index in [1.165, 1.54) is 71.2 Å². The van der Waals surface area contributed by atoms with Crippen LogP contribution >= 0.6 is 0 Å². The smallest absolute Gasteiger partial charge is 0.223 e. The van der Waals surface area contributed by atoms with E-state index in [9.17, 15) is 4.79 Å². The largest absolute Gasteiger partial charge is 0.343 e. The Bertz CT molecular complexity index is 389. The maximum atomic E-state index is 12.6. The Morgan fingerprint density at radius 3 is 2.22 bits per heavy atom. The number of carbonyl (C=O) groups is 1. The van der Waals surface area contributed by atoms with Crippen LogP contribution in [0.2, 0.25) is 0 Å². The normalized spacial score (nSPS) is 27.5. The van der Waals surface area contributed by atoms with Crippen molar-refractivity contribution < 1.29 is 4.79 Å². The third kappa shape index (κ3) is 4.69. The Labute approximate surface area is 142 Å². The Morgan fingerprint density at radius 1 is 1.00 bits per heavy atom. The number of amides is 1. The zero-order valence-corrected chi connectivity index (χ0v) is 15.2. The lowest BCUT2D eigenvalue weighted by molar-refractivity contribution is -0.135. The van der Waals surface area contributed by atoms with Crippen molar-refractivity contribution >= 4 is 5.91 Å². The summed E-state index contributed by atoms with van der Waals surface area (Å²) in [6.07, 6.45) is 8.32. The number of hydrogen-bond acceptors (Lipinski definition) is 3. The van der Waals surface area contributed by atoms with Crippen LogP contribution in [-0.2, 0) is 4.79 Å². The van der Waals surface area contributed by atoms with Crippen molar-refractivity contribution in [1.29, 1.82) is 0 Å². The highest BCUT2D eigenvalue weighted by Crippen LogP contribution is 2.41. The molecule has 1 amide bonds. The molecule has 0 N–H and O–H groups in total. The van der Waals surface area contributed by atoms with Gasteiger partial charge in [0.05, 0.1) is 0 Å². The summed E-state index contributed by atoms with van der Waals surface area (Å²) in [4.78, 5) is 19.8. The molecule has 3 fully saturated rings. The van der Waals surface area contributed by atoms with E-state index < -0.39 is 0 Å². The molecule has 2 heterocycles. The van der Waals surface area contributed by atoms with Gasteiger partial charge < -0.3 is 14.7 Å². The molecule has 4 nitrogen and oxygen atoms in total. The average molecular weight is 322 g/mol. The van der Waals surface area contributed by atoms with Gasteiger partial charge >= 0.3 is 0 Å². The van der Waals surface area contributed by atoms with E-state index in [1.54, 1.807) is 0 Å². The lowest BCUT2D eigenvalue weighted by Gasteiger charge is -2.38. The summed E-state index contributed by atoms with van der Waals surface area (Å²) in [5.41, 5.74) is 0.299. The summed E-state index contributed by atoms with van der Waals surface area (Å²) in [6, 6.07) is 0. The molecule has 0 bridgehead atoms. The predicted molar refractivity (Wildman–Crippen MR) is 94.4 cm³/mol. The van der Waals surface area contributed by atoms with Crippen LogP contribution in [0.1, 0.15) is 51.9 Å². The first kappa shape index (κ1) is 17.2. The fraction of sp³-hybridized carbons (Fsp3) is 0.947. The van der Waals surface area contributed by atoms with Crippen LogP contribution in [0.3, 0.4) is 0 Å². The highest BCUT2D eigenvalue weighted by Gasteiger charge is 2.33. The van der Waals surface area contributed by atoms with Gasteiger partial charge in [-0.3, -0.25) is 4.79 Å². The van der Waals surface area contributed by atoms with Gasteiger partial charge in [-0.25, -0.2) is 0 Å². The van der Waals surface area contributed by atoms with Gasteiger partial charge in [-0.05, 0) is 44.1 Å². The van der Waals surface area contributed by atoms with Crippen molar-refractivity contribution in [3.8, 4) is 0 Å². The molecular formula is C19H35N3O. The molecule has 1 aliphatic carbocycles. The molecule has 0 aromatic carbocycles. The molecule has 23 heavy (non-hydrogen) atoms. The third-order valence-corrected chi connectivity index (χ3v) is 6.47. The number of piperazine rings is 1. The molecule has 0 radical (unpaired) electrons. The summed E-state index contributed by atoms with van der Waals surface area (Å²) in [6.45, 7) is 10.4. The second-order valence-corrected chi connectivity index (χ2v) is 8.62. The van der Waals surface area contributed by atoms with Gasteiger partial charge in [0.15, 0.2) is 0 Å². The molecule has 0 atom stereocenters. The Kier molecular flexibility index (Phi) is 5.63. The third-order valence-electron chi connectivity index (χ3n) is 6.47. The molecule has 0 unspecified atom stereocenters. The minimum absolute atomic E-state index is 0.299. The molecule has 0 spiro atoms. The van der Waals surface area contributed by atoms with E-state index in [-0.39, 0.29) is 0 Å². The summed E-state index contributed by atoms with van der Waals surface area (Å²) in [7, 11) is 2.21. The molecule has 1 saturated carbocycles. The van der Waals surface area contributed by atoms with Crippen LogP contribution in [0.25, 0.3) is 0 Å². The number of carbonyl (C=O) groups excluding carboxylic acids is 1. The predicted octanol–water partition coefficient (Wildman–Crippen LogP) is 2.44. The molecule has 2 aliphatic heterocycles. The van der Waals surface area contributed by atoms with Gasteiger partial charge in [0.25, 0.3) is 0 Å². The first-order valence-corrected chi connectivity index (χ1v) is 9.73. The van der Waals surface area contributed by atoms with Crippen LogP contribution in [0.15, 0.2) is 0 Å². The maximum Gasteiger partial charge on any atom is 0.223 e. The minimum Gasteiger partial charge on any atom is -0.343 e. The molecule has 3 rings (SSSR count). The zero-order valence-electron chi connectivity index (χ0n) is 15.2. The highest BCUT2D eigenvalue weighted by molar-refractivity contribution is 5.77. The number of likely N-dealkylation sites (tertiary alicyclic amines) is 1. The molecule has 2 saturated heterocycles. The second kappa shape index (κ2) is 7.52. The SMILES string of the molecule is CN1CCN(CC2CCN(C(=O)CC3(C)CCCC3)CC2)CC1. The van der Waals surface area contributed by atoms with Crippen molar-refractivity contribution in [3.63, 3.8) is 0 Å². The summed E-state index contributed by atoms with van der Waals surface area (Å²) < 4.78 is 0. The van der Waals surface area contributed by atoms with Gasteiger partial charge in [-0.15, -0.1) is 0 Å². The Balaban J connectivity index is 1.39. The van der Waals surface area contributed by atoms with E-state index in [2.05, 4.69) is 28.7 Å². The van der Waals surface area contributed by atoms with E-state index in [4.69, 9.17) is 0 Å². The summed E-state index contributed by atoms with van der Waals surface area (Å²) >= 11 is 0. The average Bonchev–Trinajstić information content (AvgIpc) is 2.96. The number of piperidine rings is 1. The van der Waals surface area contributed by atoms with Crippen molar-refractivity contribution in [2.75, 3.05) is 52.9 Å². The Morgan fingerprint density at radius 2 is 1.61 bits per heavy atom. The van der Waals surface area contributed by atoms with E-state index in [1.807, 2.05) is 0 Å².